The topological polar surface area (TPSA) is 21.3 Å². The molecular weight excluding hydrogens is 246 g/mol. The van der Waals surface area contributed by atoms with Crippen LogP contribution < -0.4 is 10.1 Å². The lowest BCUT2D eigenvalue weighted by Gasteiger charge is -2.08. The molecule has 20 heavy (non-hydrogen) atoms. The van der Waals surface area contributed by atoms with E-state index in [1.54, 1.807) is 7.11 Å². The minimum Gasteiger partial charge on any atom is -0.497 e. The maximum absolute atomic E-state index is 5.25. The van der Waals surface area contributed by atoms with Crippen LogP contribution in [0.4, 0.5) is 0 Å². The largest absolute Gasteiger partial charge is 0.497 e. The second kappa shape index (κ2) is 7.30. The molecule has 0 aliphatic rings. The maximum Gasteiger partial charge on any atom is 0.119 e. The number of rotatable bonds is 7. The minimum absolute atomic E-state index is 0.799. The fourth-order valence-corrected chi connectivity index (χ4v) is 2.38. The fourth-order valence-electron chi connectivity index (χ4n) is 2.38. The Kier molecular flexibility index (Phi) is 5.42. The number of ether oxygens (including phenoxy) is 1. The van der Waals surface area contributed by atoms with Crippen LogP contribution in [0, 0.1) is 5.92 Å². The van der Waals surface area contributed by atoms with Gasteiger partial charge in [-0.2, -0.15) is 0 Å². The van der Waals surface area contributed by atoms with Crippen LogP contribution in [0.1, 0.15) is 32.3 Å². The van der Waals surface area contributed by atoms with E-state index >= 15 is 0 Å². The van der Waals surface area contributed by atoms with Gasteiger partial charge in [0.05, 0.1) is 7.11 Å². The molecule has 2 aromatic rings. The van der Waals surface area contributed by atoms with Crippen LogP contribution in [0.3, 0.4) is 0 Å². The first kappa shape index (κ1) is 14.9. The molecule has 0 unspecified atom stereocenters. The molecule has 0 saturated heterocycles. The first-order chi connectivity index (χ1) is 9.69. The Hall–Kier alpha value is -1.54. The van der Waals surface area contributed by atoms with Gasteiger partial charge in [-0.05, 0) is 59.8 Å². The number of nitrogens with one attached hydrogen (secondary N) is 1. The standard InChI is InChI=1S/C18H25NO/c1-14(2)5-4-10-19-13-15-6-7-17-12-18(20-3)9-8-16(17)11-15/h6-9,11-12,14,19H,4-5,10,13H2,1-3H3. The van der Waals surface area contributed by atoms with Crippen LogP contribution in [0.25, 0.3) is 10.8 Å². The summed E-state index contributed by atoms with van der Waals surface area (Å²) in [5, 5.41) is 6.02. The van der Waals surface area contributed by atoms with Crippen molar-refractivity contribution in [3.05, 3.63) is 42.0 Å². The zero-order chi connectivity index (χ0) is 14.4. The van der Waals surface area contributed by atoms with Crippen LogP contribution >= 0.6 is 0 Å². The molecule has 0 fully saturated rings. The highest BCUT2D eigenvalue weighted by Crippen LogP contribution is 2.21. The van der Waals surface area contributed by atoms with Crippen molar-refractivity contribution in [1.82, 2.24) is 5.32 Å². The lowest BCUT2D eigenvalue weighted by molar-refractivity contribution is 0.415. The highest BCUT2D eigenvalue weighted by atomic mass is 16.5. The summed E-state index contributed by atoms with van der Waals surface area (Å²) in [5.74, 6) is 1.71. The molecule has 0 radical (unpaired) electrons. The molecule has 0 aliphatic heterocycles. The monoisotopic (exact) mass is 271 g/mol. The number of benzene rings is 2. The van der Waals surface area contributed by atoms with E-state index in [1.165, 1.54) is 29.2 Å². The second-order valence-corrected chi connectivity index (χ2v) is 5.76. The number of methoxy groups -OCH3 is 1. The molecule has 108 valence electrons. The van der Waals surface area contributed by atoms with E-state index in [1.807, 2.05) is 6.07 Å². The Bertz CT molecular complexity index is 548. The van der Waals surface area contributed by atoms with Gasteiger partial charge in [-0.1, -0.05) is 32.0 Å². The molecular formula is C18H25NO. The van der Waals surface area contributed by atoms with Gasteiger partial charge in [0, 0.05) is 6.54 Å². The molecule has 0 saturated carbocycles. The Labute approximate surface area is 122 Å². The summed E-state index contributed by atoms with van der Waals surface area (Å²) in [5.41, 5.74) is 1.34. The summed E-state index contributed by atoms with van der Waals surface area (Å²) in [6, 6.07) is 12.8. The number of hydrogen-bond acceptors (Lipinski definition) is 2. The summed E-state index contributed by atoms with van der Waals surface area (Å²) in [7, 11) is 1.70. The van der Waals surface area contributed by atoms with E-state index in [-0.39, 0.29) is 0 Å². The molecule has 2 nitrogen and oxygen atoms in total. The van der Waals surface area contributed by atoms with Gasteiger partial charge in [-0.15, -0.1) is 0 Å². The van der Waals surface area contributed by atoms with Crippen LogP contribution in [-0.4, -0.2) is 13.7 Å². The third-order valence-electron chi connectivity index (χ3n) is 3.58. The lowest BCUT2D eigenvalue weighted by atomic mass is 10.1. The van der Waals surface area contributed by atoms with Crippen molar-refractivity contribution in [3.8, 4) is 5.75 Å². The molecule has 0 bridgehead atoms. The fraction of sp³-hybridized carbons (Fsp3) is 0.444. The Morgan fingerprint density at radius 3 is 2.55 bits per heavy atom. The van der Waals surface area contributed by atoms with Crippen LogP contribution in [-0.2, 0) is 6.54 Å². The third kappa shape index (κ3) is 4.24. The van der Waals surface area contributed by atoms with Crippen molar-refractivity contribution < 1.29 is 4.74 Å². The normalized spacial score (nSPS) is 11.2. The Morgan fingerprint density at radius 2 is 1.80 bits per heavy atom. The van der Waals surface area contributed by atoms with Gasteiger partial charge in [0.15, 0.2) is 0 Å². The maximum atomic E-state index is 5.25. The molecule has 0 aliphatic carbocycles. The van der Waals surface area contributed by atoms with Crippen molar-refractivity contribution in [1.29, 1.82) is 0 Å². The van der Waals surface area contributed by atoms with Crippen molar-refractivity contribution >= 4 is 10.8 Å². The molecule has 2 heteroatoms. The summed E-state index contributed by atoms with van der Waals surface area (Å²) >= 11 is 0. The van der Waals surface area contributed by atoms with E-state index in [9.17, 15) is 0 Å². The predicted molar refractivity (Wildman–Crippen MR) is 86.3 cm³/mol. The minimum atomic E-state index is 0.799. The van der Waals surface area contributed by atoms with Gasteiger partial charge in [0.1, 0.15) is 5.75 Å². The van der Waals surface area contributed by atoms with Crippen molar-refractivity contribution in [3.63, 3.8) is 0 Å². The predicted octanol–water partition coefficient (Wildman–Crippen LogP) is 4.37. The van der Waals surface area contributed by atoms with E-state index in [2.05, 4.69) is 49.5 Å². The molecule has 0 heterocycles. The van der Waals surface area contributed by atoms with E-state index in [0.717, 1.165) is 24.8 Å². The number of fused-ring (bicyclic) bond motifs is 1. The molecule has 0 spiro atoms. The summed E-state index contributed by atoms with van der Waals surface area (Å²) in [4.78, 5) is 0. The molecule has 0 amide bonds. The summed E-state index contributed by atoms with van der Waals surface area (Å²) < 4.78 is 5.25. The van der Waals surface area contributed by atoms with Crippen LogP contribution in [0.15, 0.2) is 36.4 Å². The van der Waals surface area contributed by atoms with E-state index in [0.29, 0.717) is 0 Å². The molecule has 0 aromatic heterocycles. The zero-order valence-electron chi connectivity index (χ0n) is 12.8. The summed E-state index contributed by atoms with van der Waals surface area (Å²) in [6.07, 6.45) is 2.55. The molecule has 1 N–H and O–H groups in total. The first-order valence-electron chi connectivity index (χ1n) is 7.46. The third-order valence-corrected chi connectivity index (χ3v) is 3.58. The van der Waals surface area contributed by atoms with E-state index < -0.39 is 0 Å². The van der Waals surface area contributed by atoms with Crippen molar-refractivity contribution in [2.24, 2.45) is 5.92 Å². The summed E-state index contributed by atoms with van der Waals surface area (Å²) in [6.45, 7) is 6.59. The van der Waals surface area contributed by atoms with Gasteiger partial charge in [-0.3, -0.25) is 0 Å². The lowest BCUT2D eigenvalue weighted by Crippen LogP contribution is -2.15. The van der Waals surface area contributed by atoms with Gasteiger partial charge >= 0.3 is 0 Å². The zero-order valence-corrected chi connectivity index (χ0v) is 12.8. The highest BCUT2D eigenvalue weighted by molar-refractivity contribution is 5.84. The average Bonchev–Trinajstić information content (AvgIpc) is 2.46. The van der Waals surface area contributed by atoms with Crippen LogP contribution in [0.5, 0.6) is 5.75 Å². The molecule has 2 rings (SSSR count). The average molecular weight is 271 g/mol. The highest BCUT2D eigenvalue weighted by Gasteiger charge is 1.99. The number of hydrogen-bond donors (Lipinski definition) is 1. The smallest absolute Gasteiger partial charge is 0.119 e. The van der Waals surface area contributed by atoms with Gasteiger partial charge in [0.2, 0.25) is 0 Å². The molecule has 2 aromatic carbocycles. The molecule has 0 atom stereocenters. The Balaban J connectivity index is 1.91. The van der Waals surface area contributed by atoms with Crippen LogP contribution in [0.2, 0.25) is 0 Å². The SMILES string of the molecule is COc1ccc2cc(CNCCCC(C)C)ccc2c1. The van der Waals surface area contributed by atoms with Gasteiger partial charge < -0.3 is 10.1 Å². The van der Waals surface area contributed by atoms with Crippen molar-refractivity contribution in [2.75, 3.05) is 13.7 Å². The first-order valence-corrected chi connectivity index (χ1v) is 7.46. The van der Waals surface area contributed by atoms with Gasteiger partial charge in [0.25, 0.3) is 0 Å². The quantitative estimate of drug-likeness (QED) is 0.755. The van der Waals surface area contributed by atoms with Gasteiger partial charge in [-0.25, -0.2) is 0 Å². The van der Waals surface area contributed by atoms with Crippen molar-refractivity contribution in [2.45, 2.75) is 33.2 Å². The second-order valence-electron chi connectivity index (χ2n) is 5.76. The van der Waals surface area contributed by atoms with E-state index in [4.69, 9.17) is 4.74 Å². The Morgan fingerprint density at radius 1 is 1.05 bits per heavy atom.